The molecule has 2 fully saturated rings. The van der Waals surface area contributed by atoms with Crippen molar-refractivity contribution in [1.82, 2.24) is 10.2 Å². The fraction of sp³-hybridized carbons (Fsp3) is 0.619. The Morgan fingerprint density at radius 2 is 2.15 bits per heavy atom. The quantitative estimate of drug-likeness (QED) is 0.814. The summed E-state index contributed by atoms with van der Waals surface area (Å²) in [7, 11) is 1.69. The van der Waals surface area contributed by atoms with Crippen LogP contribution in [0.5, 0.6) is 5.75 Å². The minimum atomic E-state index is -0.305. The van der Waals surface area contributed by atoms with Gasteiger partial charge < -0.3 is 15.0 Å². The zero-order valence-electron chi connectivity index (χ0n) is 15.9. The van der Waals surface area contributed by atoms with Gasteiger partial charge in [0.2, 0.25) is 11.8 Å². The minimum Gasteiger partial charge on any atom is -0.497 e. The Labute approximate surface area is 165 Å². The van der Waals surface area contributed by atoms with E-state index in [4.69, 9.17) is 4.74 Å². The number of hydrogen-bond acceptors (Lipinski definition) is 4. The van der Waals surface area contributed by atoms with E-state index in [0.29, 0.717) is 24.0 Å². The van der Waals surface area contributed by atoms with Gasteiger partial charge in [-0.15, -0.1) is 11.8 Å². The van der Waals surface area contributed by atoms with Gasteiger partial charge in [0.1, 0.15) is 11.8 Å². The molecule has 0 spiro atoms. The number of thioether (sulfide) groups is 1. The largest absolute Gasteiger partial charge is 0.497 e. The normalized spacial score (nSPS) is 24.4. The summed E-state index contributed by atoms with van der Waals surface area (Å²) < 4.78 is 5.34. The maximum atomic E-state index is 13.0. The zero-order chi connectivity index (χ0) is 18.8. The van der Waals surface area contributed by atoms with Crippen LogP contribution in [0.1, 0.15) is 49.1 Å². The SMILES string of the molecule is COc1ccc2c(c1)CCC[C@H]2CC(=O)N1CSC[C@H]1C(=O)NCC1CC1. The molecular formula is C21H28N2O3S. The van der Waals surface area contributed by atoms with Gasteiger partial charge in [-0.3, -0.25) is 9.59 Å². The molecule has 1 aromatic rings. The second kappa shape index (κ2) is 8.13. The average Bonchev–Trinajstić information content (AvgIpc) is 3.39. The van der Waals surface area contributed by atoms with E-state index >= 15 is 0 Å². The molecule has 5 nitrogen and oxygen atoms in total. The van der Waals surface area contributed by atoms with E-state index in [0.717, 1.165) is 31.6 Å². The highest BCUT2D eigenvalue weighted by Gasteiger charge is 2.36. The highest BCUT2D eigenvalue weighted by Crippen LogP contribution is 2.37. The number of fused-ring (bicyclic) bond motifs is 1. The van der Waals surface area contributed by atoms with Gasteiger partial charge in [-0.2, -0.15) is 0 Å². The van der Waals surface area contributed by atoms with Crippen molar-refractivity contribution in [1.29, 1.82) is 0 Å². The molecule has 6 heteroatoms. The number of carbonyl (C=O) groups is 2. The van der Waals surface area contributed by atoms with Crippen LogP contribution in [0.3, 0.4) is 0 Å². The molecule has 1 saturated heterocycles. The van der Waals surface area contributed by atoms with Gasteiger partial charge in [-0.1, -0.05) is 6.07 Å². The number of ether oxygens (including phenoxy) is 1. The third-order valence-corrected chi connectivity index (χ3v) is 6.99. The van der Waals surface area contributed by atoms with E-state index in [-0.39, 0.29) is 23.8 Å². The predicted molar refractivity (Wildman–Crippen MR) is 107 cm³/mol. The van der Waals surface area contributed by atoms with Crippen molar-refractivity contribution < 1.29 is 14.3 Å². The molecule has 3 aliphatic rings. The topological polar surface area (TPSA) is 58.6 Å². The highest BCUT2D eigenvalue weighted by molar-refractivity contribution is 7.99. The van der Waals surface area contributed by atoms with Gasteiger partial charge >= 0.3 is 0 Å². The molecule has 0 unspecified atom stereocenters. The molecule has 1 aromatic carbocycles. The molecule has 0 radical (unpaired) electrons. The molecule has 0 bridgehead atoms. The van der Waals surface area contributed by atoms with E-state index in [1.54, 1.807) is 23.8 Å². The lowest BCUT2D eigenvalue weighted by Crippen LogP contribution is -2.48. The van der Waals surface area contributed by atoms with Crippen molar-refractivity contribution in [2.24, 2.45) is 5.92 Å². The van der Waals surface area contributed by atoms with Crippen molar-refractivity contribution in [3.63, 3.8) is 0 Å². The molecule has 0 aromatic heterocycles. The minimum absolute atomic E-state index is 0.0223. The molecule has 2 amide bonds. The third kappa shape index (κ3) is 4.26. The summed E-state index contributed by atoms with van der Waals surface area (Å²) in [6, 6.07) is 5.90. The number of nitrogens with zero attached hydrogens (tertiary/aromatic N) is 1. The van der Waals surface area contributed by atoms with Gasteiger partial charge in [0.25, 0.3) is 0 Å². The lowest BCUT2D eigenvalue weighted by molar-refractivity contribution is -0.138. The predicted octanol–water partition coefficient (Wildman–Crippen LogP) is 2.93. The number of methoxy groups -OCH3 is 1. The number of rotatable bonds is 6. The molecule has 27 heavy (non-hydrogen) atoms. The first-order chi connectivity index (χ1) is 13.2. The lowest BCUT2D eigenvalue weighted by Gasteiger charge is -2.29. The van der Waals surface area contributed by atoms with Gasteiger partial charge in [-0.25, -0.2) is 0 Å². The van der Waals surface area contributed by atoms with Gasteiger partial charge in [-0.05, 0) is 67.2 Å². The van der Waals surface area contributed by atoms with Crippen molar-refractivity contribution in [3.05, 3.63) is 29.3 Å². The van der Waals surface area contributed by atoms with Crippen LogP contribution in [0.25, 0.3) is 0 Å². The molecule has 146 valence electrons. The van der Waals surface area contributed by atoms with Gasteiger partial charge in [0, 0.05) is 18.7 Å². The summed E-state index contributed by atoms with van der Waals surface area (Å²) in [4.78, 5) is 27.3. The number of aryl methyl sites for hydroxylation is 1. The maximum Gasteiger partial charge on any atom is 0.243 e. The number of amides is 2. The molecule has 1 aliphatic heterocycles. The van der Waals surface area contributed by atoms with Crippen molar-refractivity contribution in [3.8, 4) is 5.75 Å². The highest BCUT2D eigenvalue weighted by atomic mass is 32.2. The van der Waals surface area contributed by atoms with Crippen LogP contribution in [-0.4, -0.2) is 48.0 Å². The zero-order valence-corrected chi connectivity index (χ0v) is 16.7. The summed E-state index contributed by atoms with van der Waals surface area (Å²) in [6.07, 6.45) is 6.10. The Hall–Kier alpha value is -1.69. The molecule has 2 aliphatic carbocycles. The summed E-state index contributed by atoms with van der Waals surface area (Å²) in [5.74, 6) is 3.25. The van der Waals surface area contributed by atoms with Crippen LogP contribution in [-0.2, 0) is 16.0 Å². The van der Waals surface area contributed by atoms with Gasteiger partial charge in [0.15, 0.2) is 0 Å². The third-order valence-electron chi connectivity index (χ3n) is 5.98. The second-order valence-electron chi connectivity index (χ2n) is 7.93. The molecule has 1 saturated carbocycles. The van der Waals surface area contributed by atoms with Crippen LogP contribution >= 0.6 is 11.8 Å². The fourth-order valence-corrected chi connectivity index (χ4v) is 5.33. The van der Waals surface area contributed by atoms with E-state index in [2.05, 4.69) is 17.4 Å². The van der Waals surface area contributed by atoms with Crippen molar-refractivity contribution >= 4 is 23.6 Å². The molecule has 2 atom stereocenters. The van der Waals surface area contributed by atoms with E-state index < -0.39 is 0 Å². The molecule has 1 heterocycles. The number of nitrogens with one attached hydrogen (secondary N) is 1. The Balaban J connectivity index is 1.40. The van der Waals surface area contributed by atoms with Crippen LogP contribution in [0.4, 0.5) is 0 Å². The second-order valence-corrected chi connectivity index (χ2v) is 8.93. The fourth-order valence-electron chi connectivity index (χ4n) is 4.15. The van der Waals surface area contributed by atoms with E-state index in [9.17, 15) is 9.59 Å². The molecule has 1 N–H and O–H groups in total. The first-order valence-electron chi connectivity index (χ1n) is 9.97. The Bertz CT molecular complexity index is 719. The average molecular weight is 389 g/mol. The summed E-state index contributed by atoms with van der Waals surface area (Å²) in [6.45, 7) is 0.764. The smallest absolute Gasteiger partial charge is 0.243 e. The summed E-state index contributed by atoms with van der Waals surface area (Å²) >= 11 is 1.68. The monoisotopic (exact) mass is 388 g/mol. The number of benzene rings is 1. The number of hydrogen-bond donors (Lipinski definition) is 1. The maximum absolute atomic E-state index is 13.0. The molecule has 4 rings (SSSR count). The first kappa shape index (κ1) is 18.7. The first-order valence-corrected chi connectivity index (χ1v) is 11.1. The summed E-state index contributed by atoms with van der Waals surface area (Å²) in [5.41, 5.74) is 2.57. The number of carbonyl (C=O) groups excluding carboxylic acids is 2. The van der Waals surface area contributed by atoms with E-state index in [1.165, 1.54) is 24.0 Å². The lowest BCUT2D eigenvalue weighted by atomic mass is 9.80. The van der Waals surface area contributed by atoms with Crippen LogP contribution < -0.4 is 10.1 Å². The Morgan fingerprint density at radius 1 is 1.30 bits per heavy atom. The Morgan fingerprint density at radius 3 is 2.93 bits per heavy atom. The van der Waals surface area contributed by atoms with Crippen molar-refractivity contribution in [2.45, 2.75) is 50.5 Å². The van der Waals surface area contributed by atoms with Crippen LogP contribution in [0.15, 0.2) is 18.2 Å². The summed E-state index contributed by atoms with van der Waals surface area (Å²) in [5, 5.41) is 3.04. The van der Waals surface area contributed by atoms with Crippen LogP contribution in [0.2, 0.25) is 0 Å². The van der Waals surface area contributed by atoms with Crippen LogP contribution in [0, 0.1) is 5.92 Å². The van der Waals surface area contributed by atoms with Crippen molar-refractivity contribution in [2.75, 3.05) is 25.3 Å². The standard InChI is InChI=1S/C21H28N2O3S/c1-26-17-7-8-18-15(9-17)3-2-4-16(18)10-20(24)23-13-27-12-19(23)21(25)22-11-14-5-6-14/h7-9,14,16,19H,2-6,10-13H2,1H3,(H,22,25)/t16-,19-/m0/s1. The van der Waals surface area contributed by atoms with E-state index in [1.807, 2.05) is 6.07 Å². The Kier molecular flexibility index (Phi) is 5.62. The van der Waals surface area contributed by atoms with Gasteiger partial charge in [0.05, 0.1) is 13.0 Å². The molecular weight excluding hydrogens is 360 g/mol.